The van der Waals surface area contributed by atoms with E-state index in [2.05, 4.69) is 53.5 Å². The van der Waals surface area contributed by atoms with Crippen LogP contribution >= 0.6 is 0 Å². The quantitative estimate of drug-likeness (QED) is 0.880. The van der Waals surface area contributed by atoms with Crippen LogP contribution in [0.4, 0.5) is 5.69 Å². The summed E-state index contributed by atoms with van der Waals surface area (Å²) in [6, 6.07) is 18.8. The number of rotatable bonds is 5. The number of piperidine rings is 1. The van der Waals surface area contributed by atoms with Crippen LogP contribution in [0.2, 0.25) is 0 Å². The molecule has 2 aromatic carbocycles. The summed E-state index contributed by atoms with van der Waals surface area (Å²) >= 11 is 0. The molecular formula is C23H29N3O. The fourth-order valence-corrected chi connectivity index (χ4v) is 4.13. The minimum Gasteiger partial charge on any atom is -0.371 e. The molecule has 4 nitrogen and oxygen atoms in total. The molecule has 0 aliphatic carbocycles. The van der Waals surface area contributed by atoms with Crippen molar-refractivity contribution in [1.82, 2.24) is 9.80 Å². The molecule has 2 aromatic rings. The van der Waals surface area contributed by atoms with Gasteiger partial charge < -0.3 is 10.2 Å². The summed E-state index contributed by atoms with van der Waals surface area (Å²) < 4.78 is 0. The van der Waals surface area contributed by atoms with Gasteiger partial charge in [-0.3, -0.25) is 9.69 Å². The summed E-state index contributed by atoms with van der Waals surface area (Å²) in [5, 5.41) is 3.62. The molecule has 142 valence electrons. The standard InChI is InChI=1S/C23H29N3O/c1-19-8-5-6-9-20(19)18-25-16-12-23(13-17-25,22(27)26-14-7-15-26)24-21-10-3-2-4-11-21/h2-6,8-11,24H,7,12-18H2,1H3. The second-order valence-corrected chi connectivity index (χ2v) is 7.92. The van der Waals surface area contributed by atoms with Crippen LogP contribution in [0.5, 0.6) is 0 Å². The largest absolute Gasteiger partial charge is 0.371 e. The number of aryl methyl sites for hydroxylation is 1. The maximum absolute atomic E-state index is 13.3. The van der Waals surface area contributed by atoms with Gasteiger partial charge in [0.1, 0.15) is 5.54 Å². The molecule has 0 radical (unpaired) electrons. The number of likely N-dealkylation sites (tertiary alicyclic amines) is 2. The van der Waals surface area contributed by atoms with Crippen molar-refractivity contribution in [2.45, 2.75) is 38.3 Å². The lowest BCUT2D eigenvalue weighted by Gasteiger charge is -2.46. The Bertz CT molecular complexity index is 777. The van der Waals surface area contributed by atoms with Crippen molar-refractivity contribution in [2.75, 3.05) is 31.5 Å². The van der Waals surface area contributed by atoms with Crippen LogP contribution in [-0.2, 0) is 11.3 Å². The first-order valence-corrected chi connectivity index (χ1v) is 10.1. The van der Waals surface area contributed by atoms with Crippen LogP contribution in [0.1, 0.15) is 30.4 Å². The molecule has 27 heavy (non-hydrogen) atoms. The van der Waals surface area contributed by atoms with E-state index in [0.717, 1.165) is 57.7 Å². The number of hydrogen-bond donors (Lipinski definition) is 1. The lowest BCUT2D eigenvalue weighted by atomic mass is 9.84. The first-order valence-electron chi connectivity index (χ1n) is 10.1. The van der Waals surface area contributed by atoms with Crippen LogP contribution in [0.25, 0.3) is 0 Å². The Morgan fingerprint density at radius 1 is 0.963 bits per heavy atom. The highest BCUT2D eigenvalue weighted by Crippen LogP contribution is 2.31. The van der Waals surface area contributed by atoms with Crippen LogP contribution in [-0.4, -0.2) is 47.4 Å². The first-order chi connectivity index (χ1) is 13.2. The van der Waals surface area contributed by atoms with Crippen molar-refractivity contribution in [3.63, 3.8) is 0 Å². The highest BCUT2D eigenvalue weighted by Gasteiger charge is 2.44. The van der Waals surface area contributed by atoms with Gasteiger partial charge in [-0.2, -0.15) is 0 Å². The van der Waals surface area contributed by atoms with Gasteiger partial charge in [-0.15, -0.1) is 0 Å². The van der Waals surface area contributed by atoms with Crippen LogP contribution in [0.15, 0.2) is 54.6 Å². The van der Waals surface area contributed by atoms with Gasteiger partial charge >= 0.3 is 0 Å². The average molecular weight is 364 g/mol. The lowest BCUT2D eigenvalue weighted by Crippen LogP contribution is -2.61. The molecular weight excluding hydrogens is 334 g/mol. The molecule has 0 atom stereocenters. The number of para-hydroxylation sites is 1. The number of carbonyl (C=O) groups excluding carboxylic acids is 1. The second-order valence-electron chi connectivity index (χ2n) is 7.92. The topological polar surface area (TPSA) is 35.6 Å². The number of hydrogen-bond acceptors (Lipinski definition) is 3. The molecule has 2 heterocycles. The smallest absolute Gasteiger partial charge is 0.248 e. The van der Waals surface area contributed by atoms with Gasteiger partial charge in [-0.25, -0.2) is 0 Å². The van der Waals surface area contributed by atoms with Gasteiger partial charge in [0.15, 0.2) is 0 Å². The Kier molecular flexibility index (Phi) is 5.17. The predicted octanol–water partition coefficient (Wildman–Crippen LogP) is 3.67. The zero-order valence-electron chi connectivity index (χ0n) is 16.2. The molecule has 0 aromatic heterocycles. The highest BCUT2D eigenvalue weighted by atomic mass is 16.2. The lowest BCUT2D eigenvalue weighted by molar-refractivity contribution is -0.141. The Balaban J connectivity index is 1.48. The molecule has 4 rings (SSSR count). The number of nitrogens with zero attached hydrogens (tertiary/aromatic N) is 2. The molecule has 1 N–H and O–H groups in total. The summed E-state index contributed by atoms with van der Waals surface area (Å²) in [6.07, 6.45) is 2.83. The minimum atomic E-state index is -0.468. The molecule has 0 spiro atoms. The molecule has 0 unspecified atom stereocenters. The van der Waals surface area contributed by atoms with Crippen LogP contribution in [0, 0.1) is 6.92 Å². The molecule has 2 aliphatic rings. The maximum atomic E-state index is 13.3. The van der Waals surface area contributed by atoms with Gasteiger partial charge in [-0.1, -0.05) is 42.5 Å². The Morgan fingerprint density at radius 3 is 2.26 bits per heavy atom. The van der Waals surface area contributed by atoms with Crippen molar-refractivity contribution in [3.05, 3.63) is 65.7 Å². The number of benzene rings is 2. The molecule has 2 aliphatic heterocycles. The average Bonchev–Trinajstić information content (AvgIpc) is 2.65. The molecule has 1 amide bonds. The summed E-state index contributed by atoms with van der Waals surface area (Å²) in [4.78, 5) is 17.8. The number of amides is 1. The zero-order valence-corrected chi connectivity index (χ0v) is 16.2. The van der Waals surface area contributed by atoms with E-state index in [1.807, 2.05) is 23.1 Å². The van der Waals surface area contributed by atoms with Gasteiger partial charge in [0.2, 0.25) is 5.91 Å². The van der Waals surface area contributed by atoms with Gasteiger partial charge in [-0.05, 0) is 49.4 Å². The number of anilines is 1. The van der Waals surface area contributed by atoms with E-state index in [1.165, 1.54) is 11.1 Å². The Labute approximate surface area is 162 Å². The van der Waals surface area contributed by atoms with Crippen molar-refractivity contribution >= 4 is 11.6 Å². The van der Waals surface area contributed by atoms with Crippen molar-refractivity contribution in [1.29, 1.82) is 0 Å². The maximum Gasteiger partial charge on any atom is 0.248 e. The van der Waals surface area contributed by atoms with Gasteiger partial charge in [0.05, 0.1) is 0 Å². The van der Waals surface area contributed by atoms with E-state index >= 15 is 0 Å². The van der Waals surface area contributed by atoms with E-state index in [1.54, 1.807) is 0 Å². The summed E-state index contributed by atoms with van der Waals surface area (Å²) in [6.45, 7) is 6.83. The van der Waals surface area contributed by atoms with Crippen molar-refractivity contribution < 1.29 is 4.79 Å². The highest BCUT2D eigenvalue weighted by molar-refractivity contribution is 5.90. The summed E-state index contributed by atoms with van der Waals surface area (Å²) in [7, 11) is 0. The van der Waals surface area contributed by atoms with E-state index in [-0.39, 0.29) is 5.91 Å². The van der Waals surface area contributed by atoms with E-state index in [9.17, 15) is 4.79 Å². The number of carbonyl (C=O) groups is 1. The van der Waals surface area contributed by atoms with E-state index in [4.69, 9.17) is 0 Å². The SMILES string of the molecule is Cc1ccccc1CN1CCC(Nc2ccccc2)(C(=O)N2CCC2)CC1. The predicted molar refractivity (Wildman–Crippen MR) is 110 cm³/mol. The third-order valence-corrected chi connectivity index (χ3v) is 6.07. The molecule has 0 saturated carbocycles. The van der Waals surface area contributed by atoms with Gasteiger partial charge in [0, 0.05) is 38.4 Å². The monoisotopic (exact) mass is 363 g/mol. The normalized spacial score (nSPS) is 19.4. The summed E-state index contributed by atoms with van der Waals surface area (Å²) in [5.74, 6) is 0.285. The third kappa shape index (κ3) is 3.86. The number of nitrogens with one attached hydrogen (secondary N) is 1. The van der Waals surface area contributed by atoms with Crippen LogP contribution in [0.3, 0.4) is 0 Å². The van der Waals surface area contributed by atoms with E-state index < -0.39 is 5.54 Å². The fraction of sp³-hybridized carbons (Fsp3) is 0.435. The second kappa shape index (κ2) is 7.73. The molecule has 2 fully saturated rings. The van der Waals surface area contributed by atoms with Crippen LogP contribution < -0.4 is 5.32 Å². The van der Waals surface area contributed by atoms with Crippen molar-refractivity contribution in [3.8, 4) is 0 Å². The Morgan fingerprint density at radius 2 is 1.63 bits per heavy atom. The minimum absolute atomic E-state index is 0.285. The van der Waals surface area contributed by atoms with E-state index in [0.29, 0.717) is 0 Å². The molecule has 2 saturated heterocycles. The third-order valence-electron chi connectivity index (χ3n) is 6.07. The van der Waals surface area contributed by atoms with Gasteiger partial charge in [0.25, 0.3) is 0 Å². The first kappa shape index (κ1) is 18.1. The van der Waals surface area contributed by atoms with Crippen molar-refractivity contribution in [2.24, 2.45) is 0 Å². The summed E-state index contributed by atoms with van der Waals surface area (Å²) in [5.41, 5.74) is 3.30. The molecule has 4 heteroatoms. The zero-order chi connectivity index (χ0) is 18.7. The Hall–Kier alpha value is -2.33. The fourth-order valence-electron chi connectivity index (χ4n) is 4.13. The molecule has 0 bridgehead atoms.